The summed E-state index contributed by atoms with van der Waals surface area (Å²) in [5, 5.41) is 0. The minimum Gasteiger partial charge on any atom is -0.462 e. The highest BCUT2D eigenvalue weighted by molar-refractivity contribution is 6.03. The average molecular weight is 349 g/mol. The lowest BCUT2D eigenvalue weighted by Gasteiger charge is -2.32. The molecular weight excluding hydrogens is 332 g/mol. The second kappa shape index (κ2) is 6.66. The summed E-state index contributed by atoms with van der Waals surface area (Å²) in [5.41, 5.74) is 5.28. The van der Waals surface area contributed by atoms with E-state index < -0.39 is 29.1 Å². The van der Waals surface area contributed by atoms with Gasteiger partial charge in [0, 0.05) is 24.0 Å². The number of rotatable bonds is 3. The lowest BCUT2D eigenvalue weighted by atomic mass is 9.77. The largest absolute Gasteiger partial charge is 0.462 e. The van der Waals surface area contributed by atoms with Gasteiger partial charge in [-0.3, -0.25) is 4.79 Å². The molecule has 3 rings (SSSR count). The fraction of sp³-hybridized carbons (Fsp3) is 0.333. The fourth-order valence-corrected chi connectivity index (χ4v) is 3.24. The number of esters is 1. The van der Waals surface area contributed by atoms with Gasteiger partial charge in [-0.2, -0.15) is 0 Å². The Morgan fingerprint density at radius 1 is 1.32 bits per heavy atom. The first-order chi connectivity index (χ1) is 12.0. The van der Waals surface area contributed by atoms with Crippen LogP contribution in [0.3, 0.4) is 0 Å². The zero-order valence-corrected chi connectivity index (χ0v) is 13.6. The number of benzene rings is 1. The van der Waals surface area contributed by atoms with Crippen LogP contribution in [0, 0.1) is 11.6 Å². The predicted octanol–water partition coefficient (Wildman–Crippen LogP) is 2.82. The van der Waals surface area contributed by atoms with Crippen molar-refractivity contribution in [3.05, 3.63) is 58.2 Å². The number of nitrogens with two attached hydrogens (primary N) is 1. The molecule has 0 radical (unpaired) electrons. The average Bonchev–Trinajstić information content (AvgIpc) is 2.54. The Morgan fingerprint density at radius 3 is 2.64 bits per heavy atom. The van der Waals surface area contributed by atoms with E-state index in [1.165, 1.54) is 6.07 Å². The molecule has 1 aliphatic carbocycles. The molecule has 1 aromatic carbocycles. The molecule has 0 bridgehead atoms. The summed E-state index contributed by atoms with van der Waals surface area (Å²) < 4.78 is 39.3. The Bertz CT molecular complexity index is 793. The Labute approximate surface area is 143 Å². The van der Waals surface area contributed by atoms with Gasteiger partial charge in [0.25, 0.3) is 0 Å². The van der Waals surface area contributed by atoms with Crippen LogP contribution in [-0.2, 0) is 19.1 Å². The SMILES string of the molecule is CCOC(=O)C1=C(N)OC2=C(C(=O)CCC2)[C@H]1c1c(F)cccc1F. The number of allylic oxidation sites excluding steroid dienone is 2. The minimum absolute atomic E-state index is 0.0436. The second-order valence-electron chi connectivity index (χ2n) is 5.78. The number of hydrogen-bond acceptors (Lipinski definition) is 5. The molecule has 132 valence electrons. The number of carbonyl (C=O) groups is 2. The van der Waals surface area contributed by atoms with Crippen molar-refractivity contribution in [1.82, 2.24) is 0 Å². The molecule has 0 saturated carbocycles. The van der Waals surface area contributed by atoms with Gasteiger partial charge in [-0.05, 0) is 25.5 Å². The molecule has 0 amide bonds. The van der Waals surface area contributed by atoms with E-state index in [0.717, 1.165) is 12.1 Å². The van der Waals surface area contributed by atoms with Gasteiger partial charge in [-0.15, -0.1) is 0 Å². The molecule has 7 heteroatoms. The summed E-state index contributed by atoms with van der Waals surface area (Å²) in [6.45, 7) is 1.63. The summed E-state index contributed by atoms with van der Waals surface area (Å²) in [5.74, 6) is -4.23. The van der Waals surface area contributed by atoms with Crippen molar-refractivity contribution in [3.8, 4) is 0 Å². The first-order valence-corrected chi connectivity index (χ1v) is 8.00. The molecule has 1 atom stereocenters. The molecule has 0 aromatic heterocycles. The van der Waals surface area contributed by atoms with Crippen LogP contribution in [0.25, 0.3) is 0 Å². The normalized spacial score (nSPS) is 20.3. The van der Waals surface area contributed by atoms with E-state index in [-0.39, 0.29) is 41.6 Å². The van der Waals surface area contributed by atoms with Crippen LogP contribution in [0.4, 0.5) is 8.78 Å². The third-order valence-electron chi connectivity index (χ3n) is 4.27. The van der Waals surface area contributed by atoms with E-state index in [2.05, 4.69) is 0 Å². The van der Waals surface area contributed by atoms with Gasteiger partial charge in [0.15, 0.2) is 5.78 Å². The standard InChI is InChI=1S/C18H17F2NO4/c1-2-24-18(23)16-15(13-9(19)5-3-6-10(13)20)14-11(22)7-4-8-12(14)25-17(16)21/h3,5-6,15H,2,4,7-8,21H2,1H3/t15-/m1/s1. The van der Waals surface area contributed by atoms with E-state index in [0.29, 0.717) is 12.8 Å². The first-order valence-electron chi connectivity index (χ1n) is 8.00. The number of hydrogen-bond donors (Lipinski definition) is 1. The summed E-state index contributed by atoms with van der Waals surface area (Å²) in [4.78, 5) is 24.8. The highest BCUT2D eigenvalue weighted by Gasteiger charge is 2.43. The van der Waals surface area contributed by atoms with Crippen molar-refractivity contribution in [3.63, 3.8) is 0 Å². The number of halogens is 2. The van der Waals surface area contributed by atoms with Crippen molar-refractivity contribution in [1.29, 1.82) is 0 Å². The summed E-state index contributed by atoms with van der Waals surface area (Å²) in [6.07, 6.45) is 1.17. The number of carbonyl (C=O) groups excluding carboxylic acids is 2. The van der Waals surface area contributed by atoms with Crippen molar-refractivity contribution in [2.75, 3.05) is 6.61 Å². The van der Waals surface area contributed by atoms with E-state index in [4.69, 9.17) is 15.2 Å². The van der Waals surface area contributed by atoms with Crippen LogP contribution >= 0.6 is 0 Å². The van der Waals surface area contributed by atoms with Crippen LogP contribution in [0.2, 0.25) is 0 Å². The first kappa shape index (κ1) is 17.1. The topological polar surface area (TPSA) is 78.6 Å². The van der Waals surface area contributed by atoms with Crippen LogP contribution in [0.1, 0.15) is 37.7 Å². The van der Waals surface area contributed by atoms with Gasteiger partial charge < -0.3 is 15.2 Å². The molecule has 0 spiro atoms. The Kier molecular flexibility index (Phi) is 4.57. The smallest absolute Gasteiger partial charge is 0.340 e. The van der Waals surface area contributed by atoms with Gasteiger partial charge >= 0.3 is 5.97 Å². The third-order valence-corrected chi connectivity index (χ3v) is 4.27. The molecule has 0 saturated heterocycles. The van der Waals surface area contributed by atoms with Crippen LogP contribution in [0.5, 0.6) is 0 Å². The van der Waals surface area contributed by atoms with Crippen molar-refractivity contribution in [2.24, 2.45) is 5.73 Å². The molecule has 1 aromatic rings. The highest BCUT2D eigenvalue weighted by atomic mass is 19.1. The summed E-state index contributed by atoms with van der Waals surface area (Å²) in [7, 11) is 0. The lowest BCUT2D eigenvalue weighted by Crippen LogP contribution is -2.32. The van der Waals surface area contributed by atoms with E-state index in [1.807, 2.05) is 0 Å². The molecule has 0 fully saturated rings. The minimum atomic E-state index is -1.28. The second-order valence-corrected chi connectivity index (χ2v) is 5.78. The highest BCUT2D eigenvalue weighted by Crippen LogP contribution is 2.45. The van der Waals surface area contributed by atoms with E-state index in [9.17, 15) is 18.4 Å². The van der Waals surface area contributed by atoms with E-state index in [1.54, 1.807) is 6.92 Å². The molecule has 1 heterocycles. The predicted molar refractivity (Wildman–Crippen MR) is 83.9 cm³/mol. The molecule has 2 N–H and O–H groups in total. The molecule has 2 aliphatic rings. The zero-order chi connectivity index (χ0) is 18.1. The number of Topliss-reactive ketones (excluding diaryl/α,β-unsaturated/α-hetero) is 1. The molecule has 1 aliphatic heterocycles. The van der Waals surface area contributed by atoms with Gasteiger partial charge in [0.2, 0.25) is 5.88 Å². The number of ether oxygens (including phenoxy) is 2. The maximum absolute atomic E-state index is 14.4. The van der Waals surface area contributed by atoms with Crippen molar-refractivity contribution in [2.45, 2.75) is 32.1 Å². The monoisotopic (exact) mass is 349 g/mol. The summed E-state index contributed by atoms with van der Waals surface area (Å²) in [6, 6.07) is 3.35. The third kappa shape index (κ3) is 2.90. The molecule has 5 nitrogen and oxygen atoms in total. The lowest BCUT2D eigenvalue weighted by molar-refractivity contribution is -0.139. The van der Waals surface area contributed by atoms with Crippen molar-refractivity contribution < 1.29 is 27.8 Å². The van der Waals surface area contributed by atoms with Crippen LogP contribution in [-0.4, -0.2) is 18.4 Å². The van der Waals surface area contributed by atoms with Gasteiger partial charge in [-0.1, -0.05) is 6.07 Å². The Balaban J connectivity index is 2.25. The van der Waals surface area contributed by atoms with Crippen molar-refractivity contribution >= 4 is 11.8 Å². The molecule has 0 unspecified atom stereocenters. The maximum Gasteiger partial charge on any atom is 0.340 e. The number of ketones is 1. The maximum atomic E-state index is 14.4. The van der Waals surface area contributed by atoms with Gasteiger partial charge in [-0.25, -0.2) is 13.6 Å². The van der Waals surface area contributed by atoms with Gasteiger partial charge in [0.1, 0.15) is 23.0 Å². The zero-order valence-electron chi connectivity index (χ0n) is 13.6. The quantitative estimate of drug-likeness (QED) is 0.849. The summed E-state index contributed by atoms with van der Waals surface area (Å²) >= 11 is 0. The Morgan fingerprint density at radius 2 is 2.00 bits per heavy atom. The van der Waals surface area contributed by atoms with Crippen LogP contribution < -0.4 is 5.73 Å². The fourth-order valence-electron chi connectivity index (χ4n) is 3.24. The Hall–Kier alpha value is -2.70. The van der Waals surface area contributed by atoms with Crippen LogP contribution in [0.15, 0.2) is 41.0 Å². The van der Waals surface area contributed by atoms with Gasteiger partial charge in [0.05, 0.1) is 12.5 Å². The molecular formula is C18H17F2NO4. The molecule has 25 heavy (non-hydrogen) atoms. The van der Waals surface area contributed by atoms with E-state index >= 15 is 0 Å².